The van der Waals surface area contributed by atoms with Crippen LogP contribution in [0, 0.1) is 5.41 Å². The monoisotopic (exact) mass is 502 g/mol. The van der Waals surface area contributed by atoms with Gasteiger partial charge in [-0.05, 0) is 17.4 Å². The lowest BCUT2D eigenvalue weighted by Crippen LogP contribution is -2.74. The first-order valence-corrected chi connectivity index (χ1v) is 11.6. The lowest BCUT2D eigenvalue weighted by Gasteiger charge is -2.41. The van der Waals surface area contributed by atoms with E-state index in [-0.39, 0.29) is 29.8 Å². The molecule has 1 unspecified atom stereocenters. The Morgan fingerprint density at radius 3 is 2.57 bits per heavy atom. The van der Waals surface area contributed by atoms with Crippen LogP contribution in [0.5, 0.6) is 5.75 Å². The zero-order valence-corrected chi connectivity index (χ0v) is 19.0. The predicted octanol–water partition coefficient (Wildman–Crippen LogP) is -0.419. The number of piperazine rings is 1. The van der Waals surface area contributed by atoms with Crippen LogP contribution < -0.4 is 25.4 Å². The fourth-order valence-corrected chi connectivity index (χ4v) is 5.13. The van der Waals surface area contributed by atoms with Crippen molar-refractivity contribution < 1.29 is 27.3 Å². The van der Waals surface area contributed by atoms with E-state index in [1.165, 1.54) is 18.4 Å². The molecule has 164 valence electrons. The van der Waals surface area contributed by atoms with Crippen LogP contribution in [0.4, 0.5) is 0 Å². The molecule has 0 radical (unpaired) electrons. The number of carbonyl (C=O) groups is 1. The zero-order chi connectivity index (χ0) is 21.9. The topological polar surface area (TPSA) is 125 Å². The van der Waals surface area contributed by atoms with Crippen LogP contribution in [0.3, 0.4) is 0 Å². The molecule has 1 aliphatic heterocycles. The van der Waals surface area contributed by atoms with Crippen molar-refractivity contribution in [3.05, 3.63) is 40.5 Å². The number of halogens is 1. The number of nitrogens with one attached hydrogen (secondary N) is 1. The van der Waals surface area contributed by atoms with Gasteiger partial charge < -0.3 is 9.26 Å². The molecule has 1 aliphatic rings. The van der Waals surface area contributed by atoms with Gasteiger partial charge in [0, 0.05) is 48.7 Å². The first-order valence-electron chi connectivity index (χ1n) is 9.37. The highest BCUT2D eigenvalue weighted by atomic mass is 79.9. The van der Waals surface area contributed by atoms with Crippen LogP contribution >= 0.6 is 15.9 Å². The van der Waals surface area contributed by atoms with Crippen LogP contribution in [0.2, 0.25) is 0 Å². The fraction of sp³-hybridized carbons (Fsp3) is 0.471. The van der Waals surface area contributed by atoms with E-state index >= 15 is 0 Å². The molecule has 1 atom stereocenters. The van der Waals surface area contributed by atoms with Gasteiger partial charge in [-0.1, -0.05) is 36.8 Å². The van der Waals surface area contributed by atoms with Crippen LogP contribution in [-0.2, 0) is 15.0 Å². The summed E-state index contributed by atoms with van der Waals surface area (Å²) in [6, 6.07) is 7.52. The summed E-state index contributed by atoms with van der Waals surface area (Å²) in [6.07, 6.45) is 0. The molecule has 1 aromatic carbocycles. The third-order valence-electron chi connectivity index (χ3n) is 4.72. The van der Waals surface area contributed by atoms with Gasteiger partial charge >= 0.3 is 16.1 Å². The van der Waals surface area contributed by atoms with Crippen molar-refractivity contribution in [2.75, 3.05) is 37.7 Å². The largest absolute Gasteiger partial charge is 0.426 e. The summed E-state index contributed by atoms with van der Waals surface area (Å²) in [5, 5.41) is 13.0. The molecule has 0 amide bonds. The average molecular weight is 503 g/mol. The molecular formula is C17H23BrN6O5S. The van der Waals surface area contributed by atoms with E-state index in [0.717, 1.165) is 0 Å². The molecule has 1 aromatic heterocycles. The number of benzene rings is 1. The maximum atomic E-state index is 13.0. The van der Waals surface area contributed by atoms with E-state index < -0.39 is 22.2 Å². The van der Waals surface area contributed by atoms with Crippen molar-refractivity contribution in [1.29, 1.82) is 5.41 Å². The smallest absolute Gasteiger partial charge is 0.332 e. The molecule has 3 rings (SSSR count). The molecule has 2 aromatic rings. The lowest BCUT2D eigenvalue weighted by molar-refractivity contribution is -0.775. The van der Waals surface area contributed by atoms with Gasteiger partial charge in [0.1, 0.15) is 11.8 Å². The Hall–Kier alpha value is -2.22. The minimum atomic E-state index is -3.74. The van der Waals surface area contributed by atoms with Gasteiger partial charge in [-0.3, -0.25) is 15.2 Å². The van der Waals surface area contributed by atoms with Crippen LogP contribution in [0.15, 0.2) is 39.5 Å². The Labute approximate surface area is 182 Å². The molecule has 11 nitrogen and oxygen atoms in total. The molecule has 0 spiro atoms. The predicted molar refractivity (Wildman–Crippen MR) is 108 cm³/mol. The van der Waals surface area contributed by atoms with Gasteiger partial charge in [0.15, 0.2) is 0 Å². The highest BCUT2D eigenvalue weighted by Gasteiger charge is 2.41. The second-order valence-electron chi connectivity index (χ2n) is 6.45. The van der Waals surface area contributed by atoms with Crippen molar-refractivity contribution >= 4 is 32.1 Å². The average Bonchev–Trinajstić information content (AvgIpc) is 3.07. The number of para-hydroxylation sites is 1. The van der Waals surface area contributed by atoms with E-state index in [4.69, 9.17) is 14.7 Å². The van der Waals surface area contributed by atoms with Gasteiger partial charge in [-0.25, -0.2) is 0 Å². The van der Waals surface area contributed by atoms with Crippen molar-refractivity contribution in [3.8, 4) is 5.75 Å². The first kappa shape index (κ1) is 22.5. The van der Waals surface area contributed by atoms with Gasteiger partial charge in [-0.2, -0.15) is 17.0 Å². The summed E-state index contributed by atoms with van der Waals surface area (Å²) >= 11 is 3.21. The van der Waals surface area contributed by atoms with E-state index in [9.17, 15) is 13.2 Å². The highest BCUT2D eigenvalue weighted by Crippen LogP contribution is 2.17. The van der Waals surface area contributed by atoms with Gasteiger partial charge in [0.05, 0.1) is 0 Å². The van der Waals surface area contributed by atoms with Crippen molar-refractivity contribution in [1.82, 2.24) is 13.9 Å². The maximum Gasteiger partial charge on any atom is 0.332 e. The quantitative estimate of drug-likeness (QED) is 0.309. The number of aromatic nitrogens is 2. The number of hydrogen-bond donors (Lipinski definition) is 1. The Bertz CT molecular complexity index is 1040. The fourth-order valence-electron chi connectivity index (χ4n) is 3.17. The molecule has 0 aliphatic carbocycles. The second kappa shape index (κ2) is 9.29. The van der Waals surface area contributed by atoms with E-state index in [1.54, 1.807) is 44.2 Å². The molecule has 0 bridgehead atoms. The molecule has 1 fully saturated rings. The number of nitrogens with zero attached hydrogens (tertiary/aromatic N) is 5. The molecule has 2 heterocycles. The summed E-state index contributed by atoms with van der Waals surface area (Å²) in [6.45, 7) is 4.31. The molecule has 1 N–H and O–H groups in total. The Balaban J connectivity index is 1.92. The Kier molecular flexibility index (Phi) is 6.95. The summed E-state index contributed by atoms with van der Waals surface area (Å²) in [5.74, 6) is -0.300. The summed E-state index contributed by atoms with van der Waals surface area (Å²) < 4.78 is 39.1. The second-order valence-corrected chi connectivity index (χ2v) is 9.13. The van der Waals surface area contributed by atoms with Crippen LogP contribution in [0.25, 0.3) is 0 Å². The normalized spacial score (nSPS) is 18.0. The maximum absolute atomic E-state index is 13.0. The van der Waals surface area contributed by atoms with Gasteiger partial charge in [-0.15, -0.1) is 0 Å². The zero-order valence-electron chi connectivity index (χ0n) is 16.6. The van der Waals surface area contributed by atoms with E-state index in [2.05, 4.69) is 21.2 Å². The van der Waals surface area contributed by atoms with Crippen molar-refractivity contribution in [3.63, 3.8) is 0 Å². The molecule has 1 saturated heterocycles. The lowest BCUT2D eigenvalue weighted by atomic mass is 10.2. The number of esters is 1. The van der Waals surface area contributed by atoms with Crippen LogP contribution in [-0.4, -0.2) is 61.8 Å². The van der Waals surface area contributed by atoms with Crippen molar-refractivity contribution in [2.45, 2.75) is 19.9 Å². The minimum absolute atomic E-state index is 0.133. The van der Waals surface area contributed by atoms with Crippen molar-refractivity contribution in [2.24, 2.45) is 0 Å². The third-order valence-corrected chi connectivity index (χ3v) is 7.55. The Morgan fingerprint density at radius 2 is 2.00 bits per heavy atom. The molecule has 13 heteroatoms. The number of carbonyl (C=O) groups excluding carboxylic acids is 1. The number of ether oxygens (including phenoxy) is 1. The molecule has 30 heavy (non-hydrogen) atoms. The van der Waals surface area contributed by atoms with Crippen LogP contribution in [0.1, 0.15) is 13.8 Å². The third kappa shape index (κ3) is 4.43. The highest BCUT2D eigenvalue weighted by molar-refractivity contribution is 9.10. The Morgan fingerprint density at radius 1 is 1.33 bits per heavy atom. The minimum Gasteiger partial charge on any atom is -0.426 e. The number of rotatable bonds is 7. The first-order chi connectivity index (χ1) is 14.3. The summed E-state index contributed by atoms with van der Waals surface area (Å²) in [4.78, 5) is 14.3. The number of hydrogen-bond acceptors (Lipinski definition) is 7. The van der Waals surface area contributed by atoms with E-state index in [1.807, 2.05) is 0 Å². The summed E-state index contributed by atoms with van der Waals surface area (Å²) in [7, 11) is -3.74. The standard InChI is InChI=1S/C17H23BrN6O5S/c1-3-21(4-2)30(26,27)22-10-11-23(24-15(18)16(19)29-20-24)14(12-22)17(25)28-13-8-6-5-7-9-13/h5-9,14,19H,3-4,10-12H2,1-2H3. The van der Waals surface area contributed by atoms with Gasteiger partial charge in [0.2, 0.25) is 0 Å². The molecular weight excluding hydrogens is 480 g/mol. The SMILES string of the molecule is CCN(CC)S(=O)(=O)N1CCN([n+]2[n-]oc(=N)c2Br)C(C(=O)Oc2ccccc2)C1. The summed E-state index contributed by atoms with van der Waals surface area (Å²) in [5.41, 5.74) is -0.219. The molecule has 0 saturated carbocycles. The van der Waals surface area contributed by atoms with Gasteiger partial charge in [0.25, 0.3) is 10.2 Å². The van der Waals surface area contributed by atoms with E-state index in [0.29, 0.717) is 18.8 Å².